The van der Waals surface area contributed by atoms with Gasteiger partial charge >= 0.3 is 6.09 Å². The molecular weight excluding hydrogens is 206 g/mol. The van der Waals surface area contributed by atoms with Crippen LogP contribution in [0.3, 0.4) is 0 Å². The van der Waals surface area contributed by atoms with Crippen molar-refractivity contribution in [1.82, 2.24) is 4.90 Å². The van der Waals surface area contributed by atoms with E-state index in [9.17, 15) is 9.90 Å². The molecule has 1 N–H and O–H groups in total. The quantitative estimate of drug-likeness (QED) is 0.788. The zero-order valence-electron chi connectivity index (χ0n) is 10.7. The fourth-order valence-corrected chi connectivity index (χ4v) is 1.93. The zero-order valence-corrected chi connectivity index (χ0v) is 10.7. The maximum Gasteiger partial charge on any atom is 0.410 e. The number of rotatable bonds is 2. The second-order valence-corrected chi connectivity index (χ2v) is 5.45. The van der Waals surface area contributed by atoms with Crippen LogP contribution in [0, 0.1) is 5.92 Å². The Morgan fingerprint density at radius 1 is 1.56 bits per heavy atom. The van der Waals surface area contributed by atoms with Crippen molar-refractivity contribution in [3.63, 3.8) is 0 Å². The second kappa shape index (κ2) is 5.04. The third-order valence-corrected chi connectivity index (χ3v) is 2.84. The molecule has 0 aromatic carbocycles. The molecule has 0 radical (unpaired) electrons. The Hall–Kier alpha value is -0.770. The van der Waals surface area contributed by atoms with E-state index in [0.29, 0.717) is 13.1 Å². The van der Waals surface area contributed by atoms with Crippen LogP contribution in [-0.4, -0.2) is 40.9 Å². The number of ether oxygens (including phenoxy) is 1. The largest absolute Gasteiger partial charge is 0.444 e. The highest BCUT2D eigenvalue weighted by Gasteiger charge is 2.32. The van der Waals surface area contributed by atoms with Gasteiger partial charge in [0, 0.05) is 19.0 Å². The summed E-state index contributed by atoms with van der Waals surface area (Å²) in [5, 5.41) is 9.71. The van der Waals surface area contributed by atoms with E-state index in [4.69, 9.17) is 4.74 Å². The molecule has 0 aromatic rings. The van der Waals surface area contributed by atoms with Crippen molar-refractivity contribution in [3.05, 3.63) is 0 Å². The Bertz CT molecular complexity index is 247. The summed E-state index contributed by atoms with van der Waals surface area (Å²) in [7, 11) is 0. The number of carbonyl (C=O) groups is 1. The van der Waals surface area contributed by atoms with E-state index in [2.05, 4.69) is 0 Å². The fraction of sp³-hybridized carbons (Fsp3) is 0.917. The molecule has 1 heterocycles. The summed E-state index contributed by atoms with van der Waals surface area (Å²) in [5.74, 6) is 0.206. The molecule has 16 heavy (non-hydrogen) atoms. The third kappa shape index (κ3) is 3.67. The predicted molar refractivity (Wildman–Crippen MR) is 62.2 cm³/mol. The zero-order chi connectivity index (χ0) is 12.3. The summed E-state index contributed by atoms with van der Waals surface area (Å²) in [6, 6.07) is 0. The molecule has 1 aliphatic heterocycles. The van der Waals surface area contributed by atoms with Gasteiger partial charge in [-0.05, 0) is 33.6 Å². The van der Waals surface area contributed by atoms with E-state index >= 15 is 0 Å². The molecule has 0 aromatic heterocycles. The summed E-state index contributed by atoms with van der Waals surface area (Å²) < 4.78 is 5.29. The van der Waals surface area contributed by atoms with E-state index in [0.717, 1.165) is 12.8 Å². The highest BCUT2D eigenvalue weighted by Crippen LogP contribution is 2.23. The molecule has 1 amide bonds. The monoisotopic (exact) mass is 229 g/mol. The Morgan fingerprint density at radius 3 is 2.69 bits per heavy atom. The predicted octanol–water partition coefficient (Wildman–Crippen LogP) is 2.01. The van der Waals surface area contributed by atoms with E-state index in [1.54, 1.807) is 4.90 Å². The summed E-state index contributed by atoms with van der Waals surface area (Å²) >= 11 is 0. The Labute approximate surface area is 97.6 Å². The highest BCUT2D eigenvalue weighted by molar-refractivity contribution is 5.68. The van der Waals surface area contributed by atoms with Gasteiger partial charge in [0.2, 0.25) is 0 Å². The van der Waals surface area contributed by atoms with Gasteiger partial charge in [0.05, 0.1) is 6.10 Å². The van der Waals surface area contributed by atoms with Gasteiger partial charge in [0.25, 0.3) is 0 Å². The number of hydrogen-bond acceptors (Lipinski definition) is 3. The molecule has 1 saturated heterocycles. The molecule has 1 aliphatic rings. The molecule has 0 spiro atoms. The van der Waals surface area contributed by atoms with Gasteiger partial charge in [-0.2, -0.15) is 0 Å². The van der Waals surface area contributed by atoms with Crippen molar-refractivity contribution in [2.45, 2.75) is 52.2 Å². The summed E-state index contributed by atoms with van der Waals surface area (Å²) in [5.41, 5.74) is -0.446. The summed E-state index contributed by atoms with van der Waals surface area (Å²) in [4.78, 5) is 13.4. The van der Waals surface area contributed by atoms with Crippen LogP contribution in [0.25, 0.3) is 0 Å². The first-order chi connectivity index (χ1) is 7.33. The van der Waals surface area contributed by atoms with E-state index in [1.165, 1.54) is 0 Å². The second-order valence-electron chi connectivity index (χ2n) is 5.45. The molecule has 2 atom stereocenters. The maximum absolute atomic E-state index is 11.7. The van der Waals surface area contributed by atoms with Crippen LogP contribution >= 0.6 is 0 Å². The average Bonchev–Trinajstić information content (AvgIpc) is 2.62. The maximum atomic E-state index is 11.7. The van der Waals surface area contributed by atoms with Crippen LogP contribution in [-0.2, 0) is 4.74 Å². The van der Waals surface area contributed by atoms with Gasteiger partial charge in [-0.15, -0.1) is 0 Å². The molecule has 4 nitrogen and oxygen atoms in total. The van der Waals surface area contributed by atoms with E-state index in [1.807, 2.05) is 27.7 Å². The Balaban J connectivity index is 2.44. The lowest BCUT2D eigenvalue weighted by Gasteiger charge is -2.24. The lowest BCUT2D eigenvalue weighted by atomic mass is 10.00. The number of hydrogen-bond donors (Lipinski definition) is 1. The van der Waals surface area contributed by atoms with Crippen molar-refractivity contribution in [2.24, 2.45) is 5.92 Å². The molecular formula is C12H23NO3. The topological polar surface area (TPSA) is 49.8 Å². The van der Waals surface area contributed by atoms with Crippen molar-refractivity contribution >= 4 is 6.09 Å². The molecule has 0 aliphatic carbocycles. The van der Waals surface area contributed by atoms with Crippen LogP contribution in [0.15, 0.2) is 0 Å². The van der Waals surface area contributed by atoms with Crippen molar-refractivity contribution < 1.29 is 14.6 Å². The average molecular weight is 229 g/mol. The summed E-state index contributed by atoms with van der Waals surface area (Å²) in [6.07, 6.45) is 1.05. The van der Waals surface area contributed by atoms with Crippen LogP contribution in [0.4, 0.5) is 4.79 Å². The molecule has 0 bridgehead atoms. The van der Waals surface area contributed by atoms with Gasteiger partial charge in [0.15, 0.2) is 0 Å². The van der Waals surface area contributed by atoms with Crippen molar-refractivity contribution in [3.8, 4) is 0 Å². The van der Waals surface area contributed by atoms with Gasteiger partial charge < -0.3 is 14.7 Å². The Kier molecular flexibility index (Phi) is 4.19. The highest BCUT2D eigenvalue weighted by atomic mass is 16.6. The third-order valence-electron chi connectivity index (χ3n) is 2.84. The molecule has 1 rings (SSSR count). The van der Waals surface area contributed by atoms with Gasteiger partial charge in [-0.1, -0.05) is 6.92 Å². The first kappa shape index (κ1) is 13.3. The number of amides is 1. The minimum absolute atomic E-state index is 0.206. The van der Waals surface area contributed by atoms with Gasteiger partial charge in [-0.25, -0.2) is 4.79 Å². The van der Waals surface area contributed by atoms with E-state index < -0.39 is 5.60 Å². The molecule has 1 fully saturated rings. The van der Waals surface area contributed by atoms with Gasteiger partial charge in [-0.3, -0.25) is 0 Å². The number of carbonyl (C=O) groups excluding carboxylic acids is 1. The lowest BCUT2D eigenvalue weighted by molar-refractivity contribution is 0.0268. The van der Waals surface area contributed by atoms with Crippen molar-refractivity contribution in [1.29, 1.82) is 0 Å². The smallest absolute Gasteiger partial charge is 0.410 e. The Morgan fingerprint density at radius 2 is 2.19 bits per heavy atom. The fourth-order valence-electron chi connectivity index (χ4n) is 1.93. The molecule has 1 unspecified atom stereocenters. The molecule has 4 heteroatoms. The van der Waals surface area contributed by atoms with E-state index in [-0.39, 0.29) is 18.1 Å². The SMILES string of the molecule is CCC(O)[C@H]1CCN(C(=O)OC(C)(C)C)C1. The standard InChI is InChI=1S/C12H23NO3/c1-5-10(14)9-6-7-13(8-9)11(15)16-12(2,3)4/h9-10,14H,5-8H2,1-4H3/t9-,10?/m0/s1. The molecule has 94 valence electrons. The number of aliphatic hydroxyl groups excluding tert-OH is 1. The van der Waals surface area contributed by atoms with Crippen LogP contribution < -0.4 is 0 Å². The van der Waals surface area contributed by atoms with Crippen LogP contribution in [0.1, 0.15) is 40.5 Å². The number of likely N-dealkylation sites (tertiary alicyclic amines) is 1. The minimum Gasteiger partial charge on any atom is -0.444 e. The van der Waals surface area contributed by atoms with Crippen LogP contribution in [0.2, 0.25) is 0 Å². The normalized spacial score (nSPS) is 23.3. The number of nitrogens with zero attached hydrogens (tertiary/aromatic N) is 1. The molecule has 0 saturated carbocycles. The van der Waals surface area contributed by atoms with Gasteiger partial charge in [0.1, 0.15) is 5.60 Å². The first-order valence-electron chi connectivity index (χ1n) is 5.99. The van der Waals surface area contributed by atoms with Crippen molar-refractivity contribution in [2.75, 3.05) is 13.1 Å². The van der Waals surface area contributed by atoms with Crippen LogP contribution in [0.5, 0.6) is 0 Å². The lowest BCUT2D eigenvalue weighted by Crippen LogP contribution is -2.36. The first-order valence-corrected chi connectivity index (χ1v) is 5.99. The summed E-state index contributed by atoms with van der Waals surface area (Å²) in [6.45, 7) is 8.85. The number of aliphatic hydroxyl groups is 1. The minimum atomic E-state index is -0.446.